The van der Waals surface area contributed by atoms with E-state index in [0.717, 1.165) is 0 Å². The van der Waals surface area contributed by atoms with Crippen LogP contribution in [-0.4, -0.2) is 46.1 Å². The molecule has 3 fully saturated rings. The molecule has 7 nitrogen and oxygen atoms in total. The number of aliphatic hydroxyl groups is 1. The summed E-state index contributed by atoms with van der Waals surface area (Å²) in [5, 5.41) is 11.1. The molecule has 2 aliphatic carbocycles. The van der Waals surface area contributed by atoms with Gasteiger partial charge in [0.2, 0.25) is 0 Å². The number of carbonyl (C=O) groups is 2. The van der Waals surface area contributed by atoms with Crippen LogP contribution in [0.25, 0.3) is 0 Å². The summed E-state index contributed by atoms with van der Waals surface area (Å²) in [5.74, 6) is -1.93. The summed E-state index contributed by atoms with van der Waals surface area (Å²) >= 11 is 0. The van der Waals surface area contributed by atoms with E-state index in [4.69, 9.17) is 19.2 Å². The first-order chi connectivity index (χ1) is 12.6. The van der Waals surface area contributed by atoms with Crippen LogP contribution < -0.4 is 0 Å². The number of carbonyl (C=O) groups excluding carboxylic acids is 2. The highest BCUT2D eigenvalue weighted by atomic mass is 17.2. The summed E-state index contributed by atoms with van der Waals surface area (Å²) in [6, 6.07) is 0. The summed E-state index contributed by atoms with van der Waals surface area (Å²) in [4.78, 5) is 36.1. The highest BCUT2D eigenvalue weighted by Gasteiger charge is 2.77. The van der Waals surface area contributed by atoms with E-state index in [1.54, 1.807) is 32.9 Å². The van der Waals surface area contributed by atoms with E-state index in [2.05, 4.69) is 6.58 Å². The lowest BCUT2D eigenvalue weighted by atomic mass is 9.70. The molecule has 2 unspecified atom stereocenters. The van der Waals surface area contributed by atoms with Crippen LogP contribution in [0.15, 0.2) is 36.0 Å². The Bertz CT molecular complexity index is 798. The van der Waals surface area contributed by atoms with Crippen LogP contribution in [0.1, 0.15) is 34.1 Å². The van der Waals surface area contributed by atoms with Crippen LogP contribution in [0.3, 0.4) is 0 Å². The number of aliphatic hydroxyl groups excluding tert-OH is 1. The maximum absolute atomic E-state index is 12.6. The molecular formula is C20H24O7. The number of esters is 2. The Balaban J connectivity index is 1.85. The molecule has 2 saturated heterocycles. The fourth-order valence-corrected chi connectivity index (χ4v) is 4.84. The third-order valence-corrected chi connectivity index (χ3v) is 6.73. The molecule has 0 aromatic rings. The van der Waals surface area contributed by atoms with Crippen LogP contribution in [0, 0.1) is 11.8 Å². The van der Waals surface area contributed by atoms with Gasteiger partial charge in [0.1, 0.15) is 11.7 Å². The molecule has 27 heavy (non-hydrogen) atoms. The first kappa shape index (κ1) is 18.4. The number of hydrogen-bond acceptors (Lipinski definition) is 7. The average molecular weight is 376 g/mol. The van der Waals surface area contributed by atoms with Crippen molar-refractivity contribution in [2.24, 2.45) is 11.8 Å². The highest BCUT2D eigenvalue weighted by Crippen LogP contribution is 2.62. The number of allylic oxidation sites excluding steroid dienone is 1. The van der Waals surface area contributed by atoms with E-state index >= 15 is 0 Å². The molecule has 4 aliphatic rings. The van der Waals surface area contributed by atoms with Gasteiger partial charge < -0.3 is 14.6 Å². The van der Waals surface area contributed by atoms with E-state index < -0.39 is 52.8 Å². The zero-order valence-corrected chi connectivity index (χ0v) is 15.9. The largest absolute Gasteiger partial charge is 0.458 e. The van der Waals surface area contributed by atoms with Crippen LogP contribution in [-0.2, 0) is 28.8 Å². The van der Waals surface area contributed by atoms with Crippen LogP contribution >= 0.6 is 0 Å². The summed E-state index contributed by atoms with van der Waals surface area (Å²) in [7, 11) is 0. The maximum atomic E-state index is 12.6. The van der Waals surface area contributed by atoms with Gasteiger partial charge in [-0.3, -0.25) is 0 Å². The molecule has 2 aliphatic heterocycles. The lowest BCUT2D eigenvalue weighted by molar-refractivity contribution is -0.366. The standard InChI is InChI=1S/C20H24O7/c1-6-10(2)16(22)25-19(5)13(21)9-12-11(3)17(23)24-14(12)15-18(4)7-8-20(15,19)27-26-18/h6-8,12-15,21H,3,9H2,1-2,4-5H3/b10-6+/t12-,13+,14-,15?,18+,19+,20?/m0/s1. The van der Waals surface area contributed by atoms with Crippen molar-refractivity contribution < 1.29 is 33.9 Å². The number of rotatable bonds is 2. The summed E-state index contributed by atoms with van der Waals surface area (Å²) in [6.07, 6.45) is 3.68. The second kappa shape index (κ2) is 5.53. The lowest BCUT2D eigenvalue weighted by Crippen LogP contribution is -2.63. The zero-order chi connectivity index (χ0) is 19.8. The van der Waals surface area contributed by atoms with Gasteiger partial charge in [0, 0.05) is 17.1 Å². The van der Waals surface area contributed by atoms with E-state index in [9.17, 15) is 14.7 Å². The van der Waals surface area contributed by atoms with Crippen molar-refractivity contribution in [3.63, 3.8) is 0 Å². The molecule has 0 aromatic heterocycles. The number of ether oxygens (including phenoxy) is 2. The molecule has 7 atom stereocenters. The van der Waals surface area contributed by atoms with Gasteiger partial charge in [0.05, 0.1) is 12.0 Å². The van der Waals surface area contributed by atoms with Gasteiger partial charge in [-0.1, -0.05) is 18.7 Å². The normalized spacial score (nSPS) is 48.1. The average Bonchev–Trinajstić information content (AvgIpc) is 3.18. The zero-order valence-electron chi connectivity index (χ0n) is 15.9. The molecule has 1 saturated carbocycles. The minimum Gasteiger partial charge on any atom is -0.458 e. The van der Waals surface area contributed by atoms with Crippen molar-refractivity contribution in [1.29, 1.82) is 0 Å². The molecule has 0 aromatic carbocycles. The van der Waals surface area contributed by atoms with Gasteiger partial charge in [0.25, 0.3) is 0 Å². The van der Waals surface area contributed by atoms with E-state index in [1.807, 2.05) is 13.0 Å². The minimum absolute atomic E-state index is 0.166. The van der Waals surface area contributed by atoms with Crippen molar-refractivity contribution in [3.05, 3.63) is 36.0 Å². The van der Waals surface area contributed by atoms with Crippen molar-refractivity contribution in [2.45, 2.75) is 63.1 Å². The van der Waals surface area contributed by atoms with Crippen LogP contribution in [0.5, 0.6) is 0 Å². The smallest absolute Gasteiger partial charge is 0.334 e. The minimum atomic E-state index is -1.44. The van der Waals surface area contributed by atoms with Gasteiger partial charge in [0.15, 0.2) is 11.2 Å². The Morgan fingerprint density at radius 3 is 2.67 bits per heavy atom. The second-order valence-electron chi connectivity index (χ2n) is 8.18. The van der Waals surface area contributed by atoms with Gasteiger partial charge in [-0.15, -0.1) is 0 Å². The topological polar surface area (TPSA) is 91.3 Å². The van der Waals surface area contributed by atoms with Gasteiger partial charge in [-0.05, 0) is 40.2 Å². The van der Waals surface area contributed by atoms with Gasteiger partial charge in [-0.2, -0.15) is 0 Å². The van der Waals surface area contributed by atoms with Crippen LogP contribution in [0.4, 0.5) is 0 Å². The van der Waals surface area contributed by atoms with Crippen molar-refractivity contribution in [2.75, 3.05) is 0 Å². The molecule has 0 amide bonds. The highest BCUT2D eigenvalue weighted by molar-refractivity contribution is 5.91. The Kier molecular flexibility index (Phi) is 3.77. The number of hydrogen-bond donors (Lipinski definition) is 1. The predicted octanol–water partition coefficient (Wildman–Crippen LogP) is 1.76. The second-order valence-corrected chi connectivity index (χ2v) is 8.18. The maximum Gasteiger partial charge on any atom is 0.334 e. The monoisotopic (exact) mass is 376 g/mol. The molecule has 7 heteroatoms. The number of fused-ring (bicyclic) bond motifs is 1. The fourth-order valence-electron chi connectivity index (χ4n) is 4.84. The molecule has 2 heterocycles. The summed E-state index contributed by atoms with van der Waals surface area (Å²) < 4.78 is 11.5. The Labute approximate surface area is 157 Å². The van der Waals surface area contributed by atoms with Crippen LogP contribution in [0.2, 0.25) is 0 Å². The van der Waals surface area contributed by atoms with Crippen molar-refractivity contribution in [3.8, 4) is 0 Å². The molecule has 1 N–H and O–H groups in total. The third kappa shape index (κ3) is 2.13. The molecule has 0 spiro atoms. The molecule has 2 bridgehead atoms. The molecule has 146 valence electrons. The first-order valence-corrected chi connectivity index (χ1v) is 9.11. The van der Waals surface area contributed by atoms with Crippen molar-refractivity contribution >= 4 is 11.9 Å². The quantitative estimate of drug-likeness (QED) is 0.340. The van der Waals surface area contributed by atoms with Crippen molar-refractivity contribution in [1.82, 2.24) is 0 Å². The van der Waals surface area contributed by atoms with Gasteiger partial charge in [-0.25, -0.2) is 19.4 Å². The molecule has 4 rings (SSSR count). The summed E-state index contributed by atoms with van der Waals surface area (Å²) in [6.45, 7) is 10.7. The summed E-state index contributed by atoms with van der Waals surface area (Å²) in [5.41, 5.74) is -2.87. The molecule has 0 radical (unpaired) electrons. The first-order valence-electron chi connectivity index (χ1n) is 9.11. The Morgan fingerprint density at radius 1 is 1.37 bits per heavy atom. The fraction of sp³-hybridized carbons (Fsp3) is 0.600. The SMILES string of the molecule is C=C1C(=O)O[C@@H]2C3C4(C=C[C@@]3(C)OO4)[C@](C)(OC(=O)/C(C)=C/C)[C@H](O)C[C@@H]12. The van der Waals surface area contributed by atoms with E-state index in [1.165, 1.54) is 0 Å². The lowest BCUT2D eigenvalue weighted by Gasteiger charge is -2.44. The van der Waals surface area contributed by atoms with E-state index in [0.29, 0.717) is 11.1 Å². The van der Waals surface area contributed by atoms with E-state index in [-0.39, 0.29) is 6.42 Å². The predicted molar refractivity (Wildman–Crippen MR) is 93.0 cm³/mol. The third-order valence-electron chi connectivity index (χ3n) is 6.73. The Morgan fingerprint density at radius 2 is 2.07 bits per heavy atom. The molecular weight excluding hydrogens is 352 g/mol. The Hall–Kier alpha value is -1.96. The van der Waals surface area contributed by atoms with Gasteiger partial charge >= 0.3 is 11.9 Å².